The summed E-state index contributed by atoms with van der Waals surface area (Å²) < 4.78 is 68.7. The highest BCUT2D eigenvalue weighted by atomic mass is 31.2. The highest BCUT2D eigenvalue weighted by Crippen LogP contribution is 2.45. The molecule has 0 amide bonds. The Kier molecular flexibility index (Phi) is 70.6. The van der Waals surface area contributed by atoms with Gasteiger partial charge in [0.25, 0.3) is 0 Å². The van der Waals surface area contributed by atoms with Gasteiger partial charge in [-0.15, -0.1) is 0 Å². The summed E-state index contributed by atoms with van der Waals surface area (Å²) in [6.45, 7) is 14.2. The number of unbranched alkanes of at least 4 members (excludes halogenated alkanes) is 46. The molecule has 0 aliphatic rings. The van der Waals surface area contributed by atoms with Crippen LogP contribution in [0, 0.1) is 23.7 Å². The largest absolute Gasteiger partial charge is 0.472 e. The Labute approximate surface area is 626 Å². The molecule has 0 radical (unpaired) electrons. The third kappa shape index (κ3) is 76.3. The molecule has 0 aromatic carbocycles. The number of phosphoric ester groups is 2. The second kappa shape index (κ2) is 72.0. The van der Waals surface area contributed by atoms with Crippen molar-refractivity contribution in [1.82, 2.24) is 0 Å². The van der Waals surface area contributed by atoms with Crippen LogP contribution in [0.5, 0.6) is 0 Å². The molecular formula is C83H162O17P2. The van der Waals surface area contributed by atoms with Crippen LogP contribution >= 0.6 is 15.6 Å². The van der Waals surface area contributed by atoms with E-state index in [0.717, 1.165) is 114 Å². The maximum absolute atomic E-state index is 13.1. The highest BCUT2D eigenvalue weighted by Gasteiger charge is 2.30. The van der Waals surface area contributed by atoms with E-state index in [2.05, 4.69) is 55.4 Å². The van der Waals surface area contributed by atoms with Crippen LogP contribution < -0.4 is 0 Å². The van der Waals surface area contributed by atoms with Crippen molar-refractivity contribution in [2.75, 3.05) is 39.6 Å². The molecule has 3 N–H and O–H groups in total. The molecule has 17 nitrogen and oxygen atoms in total. The van der Waals surface area contributed by atoms with Gasteiger partial charge in [0.1, 0.15) is 19.3 Å². The van der Waals surface area contributed by atoms with Crippen LogP contribution in [-0.4, -0.2) is 96.7 Å². The van der Waals surface area contributed by atoms with Gasteiger partial charge < -0.3 is 33.8 Å². The molecule has 2 unspecified atom stereocenters. The Hall–Kier alpha value is -1.94. The smallest absolute Gasteiger partial charge is 0.462 e. The number of esters is 4. The maximum Gasteiger partial charge on any atom is 0.472 e. The van der Waals surface area contributed by atoms with Crippen LogP contribution in [0.1, 0.15) is 428 Å². The summed E-state index contributed by atoms with van der Waals surface area (Å²) in [5, 5.41) is 10.6. The minimum absolute atomic E-state index is 0.105. The van der Waals surface area contributed by atoms with Gasteiger partial charge in [0.05, 0.1) is 26.4 Å². The first-order chi connectivity index (χ1) is 49.1. The minimum Gasteiger partial charge on any atom is -0.462 e. The number of phosphoric acid groups is 2. The van der Waals surface area contributed by atoms with E-state index in [0.29, 0.717) is 31.6 Å². The van der Waals surface area contributed by atoms with Gasteiger partial charge in [-0.2, -0.15) is 0 Å². The number of ether oxygens (including phenoxy) is 4. The lowest BCUT2D eigenvalue weighted by atomic mass is 10.0. The topological polar surface area (TPSA) is 237 Å². The Morgan fingerprint density at radius 2 is 0.412 bits per heavy atom. The van der Waals surface area contributed by atoms with E-state index in [1.54, 1.807) is 0 Å². The number of carbonyl (C=O) groups is 4. The number of hydrogen-bond acceptors (Lipinski definition) is 15. The van der Waals surface area contributed by atoms with Gasteiger partial charge in [-0.3, -0.25) is 37.3 Å². The first kappa shape index (κ1) is 100. The predicted molar refractivity (Wildman–Crippen MR) is 418 cm³/mol. The van der Waals surface area contributed by atoms with Crippen molar-refractivity contribution in [3.63, 3.8) is 0 Å². The fourth-order valence-corrected chi connectivity index (χ4v) is 14.4. The quantitative estimate of drug-likeness (QED) is 0.0222. The van der Waals surface area contributed by atoms with Gasteiger partial charge >= 0.3 is 39.5 Å². The molecule has 0 heterocycles. The van der Waals surface area contributed by atoms with Gasteiger partial charge in [0, 0.05) is 25.7 Å². The molecule has 0 bridgehead atoms. The molecule has 0 aliphatic heterocycles. The van der Waals surface area contributed by atoms with E-state index in [1.807, 2.05) is 0 Å². The highest BCUT2D eigenvalue weighted by molar-refractivity contribution is 7.47. The van der Waals surface area contributed by atoms with Crippen molar-refractivity contribution in [2.45, 2.75) is 446 Å². The summed E-state index contributed by atoms with van der Waals surface area (Å²) in [4.78, 5) is 73.0. The fraction of sp³-hybridized carbons (Fsp3) is 0.952. The van der Waals surface area contributed by atoms with Gasteiger partial charge in [-0.05, 0) is 49.4 Å². The van der Waals surface area contributed by atoms with Crippen molar-refractivity contribution < 1.29 is 80.2 Å². The van der Waals surface area contributed by atoms with E-state index in [1.165, 1.54) is 225 Å². The molecule has 0 saturated carbocycles. The van der Waals surface area contributed by atoms with Crippen LogP contribution in [0.15, 0.2) is 0 Å². The van der Waals surface area contributed by atoms with Crippen molar-refractivity contribution in [3.8, 4) is 0 Å². The summed E-state index contributed by atoms with van der Waals surface area (Å²) in [6, 6.07) is 0. The zero-order valence-electron chi connectivity index (χ0n) is 67.2. The number of aliphatic hydroxyl groups excluding tert-OH is 1. The second-order valence-electron chi connectivity index (χ2n) is 31.8. The Morgan fingerprint density at radius 3 is 0.608 bits per heavy atom. The SMILES string of the molecule is CC(C)CCCCCCCCCCCCCCCCCCCCC(=O)OC[C@H](COP(=O)(O)OC[C@@H](O)COP(=O)(O)OC[C@@H](COC(=O)CCCCCCCCC(C)C)OC(=O)CCCCCCCCCCCCCC(C)C)OC(=O)CCCCCCCCCCCCCCCCCC(C)C. The van der Waals surface area contributed by atoms with Crippen molar-refractivity contribution in [2.24, 2.45) is 23.7 Å². The maximum atomic E-state index is 13.1. The number of rotatable bonds is 80. The standard InChI is InChI=1S/C83H162O17P2/c1-73(2)59-51-43-35-29-23-18-14-11-9-10-12-16-20-26-32-38-47-55-63-80(85)93-69-78(99-82(87)65-57-49-39-33-27-21-17-13-15-19-24-30-36-44-52-60-74(3)4)71-97-101(89,90)95-67-77(84)68-96-102(91,92)98-72-79(70-94-81(86)64-56-48-42-41-46-54-62-76(7)8)100-83(88)66-58-50-40-34-28-22-25-31-37-45-53-61-75(5)6/h73-79,84H,9-72H2,1-8H3,(H,89,90)(H,91,92)/t77-,78-,79-/m1/s1. The summed E-state index contributed by atoms with van der Waals surface area (Å²) in [5.74, 6) is 0.956. The van der Waals surface area contributed by atoms with Crippen molar-refractivity contribution in [1.29, 1.82) is 0 Å². The average molecular weight is 1490 g/mol. The van der Waals surface area contributed by atoms with Gasteiger partial charge in [0.2, 0.25) is 0 Å². The van der Waals surface area contributed by atoms with Gasteiger partial charge in [0.15, 0.2) is 12.2 Å². The molecule has 102 heavy (non-hydrogen) atoms. The molecule has 0 aromatic heterocycles. The first-order valence-corrected chi connectivity index (χ1v) is 45.7. The lowest BCUT2D eigenvalue weighted by Gasteiger charge is -2.21. The van der Waals surface area contributed by atoms with E-state index < -0.39 is 97.5 Å². The van der Waals surface area contributed by atoms with E-state index in [4.69, 9.17) is 37.0 Å². The zero-order valence-corrected chi connectivity index (χ0v) is 69.0. The molecule has 19 heteroatoms. The van der Waals surface area contributed by atoms with Crippen molar-refractivity contribution in [3.05, 3.63) is 0 Å². The van der Waals surface area contributed by atoms with E-state index >= 15 is 0 Å². The summed E-state index contributed by atoms with van der Waals surface area (Å²) in [6.07, 6.45) is 59.9. The predicted octanol–water partition coefficient (Wildman–Crippen LogP) is 24.8. The molecular weight excluding hydrogens is 1330 g/mol. The van der Waals surface area contributed by atoms with Gasteiger partial charge in [-0.1, -0.05) is 376 Å². The number of carbonyl (C=O) groups excluding carboxylic acids is 4. The summed E-state index contributed by atoms with van der Waals surface area (Å²) >= 11 is 0. The van der Waals surface area contributed by atoms with Crippen LogP contribution in [0.4, 0.5) is 0 Å². The zero-order chi connectivity index (χ0) is 75.3. The summed E-state index contributed by atoms with van der Waals surface area (Å²) in [7, 11) is -9.92. The number of hydrogen-bond donors (Lipinski definition) is 3. The lowest BCUT2D eigenvalue weighted by molar-refractivity contribution is -0.161. The molecule has 0 aliphatic carbocycles. The van der Waals surface area contributed by atoms with E-state index in [9.17, 15) is 43.2 Å². The molecule has 0 aromatic rings. The fourth-order valence-electron chi connectivity index (χ4n) is 12.8. The molecule has 0 saturated heterocycles. The van der Waals surface area contributed by atoms with Crippen LogP contribution in [0.2, 0.25) is 0 Å². The first-order valence-electron chi connectivity index (χ1n) is 42.7. The molecule has 0 fully saturated rings. The summed E-state index contributed by atoms with van der Waals surface area (Å²) in [5.41, 5.74) is 0. The van der Waals surface area contributed by atoms with Gasteiger partial charge in [-0.25, -0.2) is 9.13 Å². The molecule has 5 atom stereocenters. The monoisotopic (exact) mass is 1490 g/mol. The normalized spacial score (nSPS) is 14.0. The molecule has 0 rings (SSSR count). The third-order valence-electron chi connectivity index (χ3n) is 19.3. The van der Waals surface area contributed by atoms with Crippen LogP contribution in [0.25, 0.3) is 0 Å². The Morgan fingerprint density at radius 1 is 0.245 bits per heavy atom. The van der Waals surface area contributed by atoms with E-state index in [-0.39, 0.29) is 25.7 Å². The second-order valence-corrected chi connectivity index (χ2v) is 34.7. The Balaban J connectivity index is 5.21. The Bertz CT molecular complexity index is 1990. The number of aliphatic hydroxyl groups is 1. The third-order valence-corrected chi connectivity index (χ3v) is 21.2. The van der Waals surface area contributed by atoms with Crippen molar-refractivity contribution >= 4 is 39.5 Å². The molecule has 0 spiro atoms. The average Bonchev–Trinajstić information content (AvgIpc) is 0.906. The molecule has 606 valence electrons. The lowest BCUT2D eigenvalue weighted by Crippen LogP contribution is -2.30. The minimum atomic E-state index is -4.96. The van der Waals surface area contributed by atoms with Crippen LogP contribution in [0.3, 0.4) is 0 Å². The van der Waals surface area contributed by atoms with Crippen LogP contribution in [-0.2, 0) is 65.4 Å².